The average molecular weight is 194 g/mol. The lowest BCUT2D eigenvalue weighted by atomic mass is 9.70. The van der Waals surface area contributed by atoms with Crippen LogP contribution in [-0.2, 0) is 4.79 Å². The lowest BCUT2D eigenvalue weighted by molar-refractivity contribution is -0.133. The molecule has 2 N–H and O–H groups in total. The SMILES string of the molecule is CC12CC=CC1=C(C(=O)O)CCC2O. The third-order valence-corrected chi connectivity index (χ3v) is 3.43. The zero-order chi connectivity index (χ0) is 10.3. The van der Waals surface area contributed by atoms with E-state index in [9.17, 15) is 9.90 Å². The van der Waals surface area contributed by atoms with Crippen molar-refractivity contribution < 1.29 is 15.0 Å². The van der Waals surface area contributed by atoms with E-state index < -0.39 is 12.1 Å². The van der Waals surface area contributed by atoms with Crippen molar-refractivity contribution in [2.75, 3.05) is 0 Å². The van der Waals surface area contributed by atoms with Gasteiger partial charge in [-0.15, -0.1) is 0 Å². The normalized spacial score (nSPS) is 36.0. The number of carboxylic acids is 1. The van der Waals surface area contributed by atoms with Gasteiger partial charge < -0.3 is 10.2 Å². The second kappa shape index (κ2) is 2.95. The topological polar surface area (TPSA) is 57.5 Å². The Hall–Kier alpha value is -1.09. The fraction of sp³-hybridized carbons (Fsp3) is 0.545. The molecule has 2 atom stereocenters. The van der Waals surface area contributed by atoms with Crippen molar-refractivity contribution >= 4 is 5.97 Å². The first-order chi connectivity index (χ1) is 6.55. The minimum Gasteiger partial charge on any atom is -0.478 e. The number of carbonyl (C=O) groups is 1. The predicted molar refractivity (Wildman–Crippen MR) is 51.8 cm³/mol. The van der Waals surface area contributed by atoms with Crippen LogP contribution >= 0.6 is 0 Å². The second-order valence-electron chi connectivity index (χ2n) is 4.28. The molecule has 0 saturated heterocycles. The van der Waals surface area contributed by atoms with Crippen LogP contribution in [0.4, 0.5) is 0 Å². The van der Waals surface area contributed by atoms with E-state index in [2.05, 4.69) is 0 Å². The number of rotatable bonds is 1. The first-order valence-electron chi connectivity index (χ1n) is 4.87. The maximum absolute atomic E-state index is 11.0. The van der Waals surface area contributed by atoms with E-state index in [1.807, 2.05) is 19.1 Å². The number of aliphatic hydroxyl groups is 1. The molecule has 0 aromatic heterocycles. The van der Waals surface area contributed by atoms with Crippen molar-refractivity contribution in [3.63, 3.8) is 0 Å². The van der Waals surface area contributed by atoms with Gasteiger partial charge in [-0.3, -0.25) is 0 Å². The number of hydrogen-bond donors (Lipinski definition) is 2. The monoisotopic (exact) mass is 194 g/mol. The van der Waals surface area contributed by atoms with E-state index >= 15 is 0 Å². The number of allylic oxidation sites excluding steroid dienone is 2. The molecule has 76 valence electrons. The van der Waals surface area contributed by atoms with E-state index in [1.165, 1.54) is 0 Å². The van der Waals surface area contributed by atoms with Crippen molar-refractivity contribution in [1.29, 1.82) is 0 Å². The number of hydrogen-bond acceptors (Lipinski definition) is 2. The standard InChI is InChI=1S/C11H14O3/c1-11-6-2-3-8(11)7(10(13)14)4-5-9(11)12/h2-3,9,12H,4-6H2,1H3,(H,13,14). The molecule has 2 aliphatic rings. The molecule has 0 spiro atoms. The molecular formula is C11H14O3. The van der Waals surface area contributed by atoms with Gasteiger partial charge in [-0.1, -0.05) is 19.1 Å². The second-order valence-corrected chi connectivity index (χ2v) is 4.28. The van der Waals surface area contributed by atoms with Crippen molar-refractivity contribution in [2.24, 2.45) is 5.41 Å². The molecule has 0 saturated carbocycles. The van der Waals surface area contributed by atoms with Gasteiger partial charge in [0.25, 0.3) is 0 Å². The van der Waals surface area contributed by atoms with E-state index in [0.29, 0.717) is 18.4 Å². The Morgan fingerprint density at radius 3 is 3.00 bits per heavy atom. The van der Waals surface area contributed by atoms with Crippen molar-refractivity contribution in [3.8, 4) is 0 Å². The first kappa shape index (κ1) is 9.46. The van der Waals surface area contributed by atoms with Crippen molar-refractivity contribution in [3.05, 3.63) is 23.3 Å². The van der Waals surface area contributed by atoms with Gasteiger partial charge in [0.1, 0.15) is 0 Å². The van der Waals surface area contributed by atoms with Crippen LogP contribution in [-0.4, -0.2) is 22.3 Å². The van der Waals surface area contributed by atoms with Gasteiger partial charge in [0.15, 0.2) is 0 Å². The molecule has 3 heteroatoms. The molecule has 0 heterocycles. The third-order valence-electron chi connectivity index (χ3n) is 3.43. The van der Waals surface area contributed by atoms with E-state index in [1.54, 1.807) is 0 Å². The highest BCUT2D eigenvalue weighted by Crippen LogP contribution is 2.47. The Morgan fingerprint density at radius 1 is 1.64 bits per heavy atom. The van der Waals surface area contributed by atoms with Gasteiger partial charge in [0, 0.05) is 11.0 Å². The molecule has 0 fully saturated rings. The van der Waals surface area contributed by atoms with Gasteiger partial charge in [0.2, 0.25) is 0 Å². The van der Waals surface area contributed by atoms with Crippen molar-refractivity contribution in [2.45, 2.75) is 32.3 Å². The smallest absolute Gasteiger partial charge is 0.331 e. The summed E-state index contributed by atoms with van der Waals surface area (Å²) in [6.45, 7) is 1.94. The minimum absolute atomic E-state index is 0.355. The summed E-state index contributed by atoms with van der Waals surface area (Å²) in [5.41, 5.74) is 0.946. The largest absolute Gasteiger partial charge is 0.478 e. The molecule has 2 unspecified atom stereocenters. The molecular weight excluding hydrogens is 180 g/mol. The molecule has 0 aromatic rings. The number of aliphatic hydroxyl groups excluding tert-OH is 1. The Morgan fingerprint density at radius 2 is 2.36 bits per heavy atom. The molecule has 2 aliphatic carbocycles. The maximum Gasteiger partial charge on any atom is 0.331 e. The van der Waals surface area contributed by atoms with Crippen LogP contribution in [0.15, 0.2) is 23.3 Å². The van der Waals surface area contributed by atoms with Crippen LogP contribution in [0.25, 0.3) is 0 Å². The highest BCUT2D eigenvalue weighted by Gasteiger charge is 2.43. The molecule has 0 amide bonds. The van der Waals surface area contributed by atoms with Gasteiger partial charge in [-0.25, -0.2) is 4.79 Å². The summed E-state index contributed by atoms with van der Waals surface area (Å²) in [5.74, 6) is -0.843. The average Bonchev–Trinajstić information content (AvgIpc) is 2.49. The molecule has 3 nitrogen and oxygen atoms in total. The Balaban J connectivity index is 2.50. The summed E-state index contributed by atoms with van der Waals surface area (Å²) >= 11 is 0. The molecule has 14 heavy (non-hydrogen) atoms. The van der Waals surface area contributed by atoms with E-state index in [0.717, 1.165) is 12.0 Å². The summed E-state index contributed by atoms with van der Waals surface area (Å²) in [4.78, 5) is 11.0. The molecule has 0 radical (unpaired) electrons. The van der Waals surface area contributed by atoms with E-state index in [4.69, 9.17) is 5.11 Å². The first-order valence-corrected chi connectivity index (χ1v) is 4.87. The van der Waals surface area contributed by atoms with Crippen LogP contribution in [0, 0.1) is 5.41 Å². The maximum atomic E-state index is 11.0. The lowest BCUT2D eigenvalue weighted by Crippen LogP contribution is -2.36. The van der Waals surface area contributed by atoms with Crippen molar-refractivity contribution in [1.82, 2.24) is 0 Å². The van der Waals surface area contributed by atoms with Gasteiger partial charge in [-0.2, -0.15) is 0 Å². The van der Waals surface area contributed by atoms with E-state index in [-0.39, 0.29) is 5.41 Å². The molecule has 0 aromatic carbocycles. The van der Waals surface area contributed by atoms with Gasteiger partial charge in [-0.05, 0) is 24.8 Å². The fourth-order valence-corrected chi connectivity index (χ4v) is 2.44. The van der Waals surface area contributed by atoms with Crippen LogP contribution in [0.2, 0.25) is 0 Å². The summed E-state index contributed by atoms with van der Waals surface area (Å²) in [7, 11) is 0. The zero-order valence-corrected chi connectivity index (χ0v) is 8.16. The fourth-order valence-electron chi connectivity index (χ4n) is 2.44. The Labute approximate surface area is 82.7 Å². The summed E-state index contributed by atoms with van der Waals surface area (Å²) < 4.78 is 0. The molecule has 0 aliphatic heterocycles. The zero-order valence-electron chi connectivity index (χ0n) is 8.16. The number of fused-ring (bicyclic) bond motifs is 1. The summed E-state index contributed by atoms with van der Waals surface area (Å²) in [6.07, 6.45) is 5.18. The van der Waals surface area contributed by atoms with Crippen LogP contribution in [0.1, 0.15) is 26.2 Å². The quantitative estimate of drug-likeness (QED) is 0.664. The van der Waals surface area contributed by atoms with Crippen LogP contribution in [0.5, 0.6) is 0 Å². The summed E-state index contributed by atoms with van der Waals surface area (Å²) in [5, 5.41) is 18.9. The molecule has 2 rings (SSSR count). The highest BCUT2D eigenvalue weighted by molar-refractivity contribution is 5.89. The summed E-state index contributed by atoms with van der Waals surface area (Å²) in [6, 6.07) is 0. The van der Waals surface area contributed by atoms with Gasteiger partial charge in [0.05, 0.1) is 6.10 Å². The predicted octanol–water partition coefficient (Wildman–Crippen LogP) is 1.49. The lowest BCUT2D eigenvalue weighted by Gasteiger charge is -2.36. The number of aliphatic carboxylic acids is 1. The van der Waals surface area contributed by atoms with Gasteiger partial charge >= 0.3 is 5.97 Å². The highest BCUT2D eigenvalue weighted by atomic mass is 16.4. The Bertz CT molecular complexity index is 340. The Kier molecular flexibility index (Phi) is 2.00. The minimum atomic E-state index is -0.843. The number of carboxylic acid groups (broad SMARTS) is 1. The molecule has 0 bridgehead atoms. The third kappa shape index (κ3) is 1.12. The van der Waals surface area contributed by atoms with Crippen LogP contribution < -0.4 is 0 Å². The van der Waals surface area contributed by atoms with Crippen LogP contribution in [0.3, 0.4) is 0 Å².